The number of carbonyl (C=O) groups is 1. The highest BCUT2D eigenvalue weighted by Crippen LogP contribution is 2.36. The van der Waals surface area contributed by atoms with E-state index >= 15 is 0 Å². The summed E-state index contributed by atoms with van der Waals surface area (Å²) in [6.07, 6.45) is 0.348. The SMILES string of the molecule is COCc1c(OC)ccc(C(N)CCC(=O)O)c1OC. The summed E-state index contributed by atoms with van der Waals surface area (Å²) in [6.45, 7) is 0.325. The van der Waals surface area contributed by atoms with Crippen LogP contribution in [0.2, 0.25) is 0 Å². The first kappa shape index (κ1) is 16.3. The lowest BCUT2D eigenvalue weighted by Crippen LogP contribution is -2.14. The van der Waals surface area contributed by atoms with Crippen LogP contribution in [0.3, 0.4) is 0 Å². The molecular weight excluding hydrogens is 262 g/mol. The van der Waals surface area contributed by atoms with E-state index in [4.69, 9.17) is 25.1 Å². The summed E-state index contributed by atoms with van der Waals surface area (Å²) >= 11 is 0. The van der Waals surface area contributed by atoms with Crippen molar-refractivity contribution < 1.29 is 24.1 Å². The average Bonchev–Trinajstić information content (AvgIpc) is 2.44. The minimum Gasteiger partial charge on any atom is -0.496 e. The molecule has 0 spiro atoms. The quantitative estimate of drug-likeness (QED) is 0.754. The number of methoxy groups -OCH3 is 3. The maximum absolute atomic E-state index is 10.6. The highest BCUT2D eigenvalue weighted by molar-refractivity contribution is 5.66. The van der Waals surface area contributed by atoms with Crippen LogP contribution in [0.5, 0.6) is 11.5 Å². The van der Waals surface area contributed by atoms with Crippen molar-refractivity contribution in [2.75, 3.05) is 21.3 Å². The van der Waals surface area contributed by atoms with Crippen LogP contribution in [-0.2, 0) is 16.1 Å². The van der Waals surface area contributed by atoms with E-state index in [9.17, 15) is 4.79 Å². The summed E-state index contributed by atoms with van der Waals surface area (Å²) in [5, 5.41) is 8.73. The molecule has 1 aromatic rings. The molecule has 0 aliphatic rings. The molecule has 0 bridgehead atoms. The van der Waals surface area contributed by atoms with Gasteiger partial charge < -0.3 is 25.1 Å². The summed E-state index contributed by atoms with van der Waals surface area (Å²) in [4.78, 5) is 10.6. The van der Waals surface area contributed by atoms with Crippen molar-refractivity contribution in [3.8, 4) is 11.5 Å². The van der Waals surface area contributed by atoms with Crippen LogP contribution in [-0.4, -0.2) is 32.4 Å². The third-order valence-electron chi connectivity index (χ3n) is 3.03. The molecule has 0 amide bonds. The lowest BCUT2D eigenvalue weighted by molar-refractivity contribution is -0.137. The summed E-state index contributed by atoms with van der Waals surface area (Å²) < 4.78 is 15.8. The molecule has 1 unspecified atom stereocenters. The minimum absolute atomic E-state index is 0.00988. The van der Waals surface area contributed by atoms with Crippen molar-refractivity contribution in [3.05, 3.63) is 23.3 Å². The maximum atomic E-state index is 10.6. The summed E-state index contributed by atoms with van der Waals surface area (Å²) in [6, 6.07) is 3.17. The molecule has 0 aliphatic heterocycles. The van der Waals surface area contributed by atoms with Crippen LogP contribution < -0.4 is 15.2 Å². The second-order valence-electron chi connectivity index (χ2n) is 4.34. The fourth-order valence-electron chi connectivity index (χ4n) is 2.07. The van der Waals surface area contributed by atoms with Gasteiger partial charge in [-0.1, -0.05) is 6.07 Å². The van der Waals surface area contributed by atoms with Gasteiger partial charge in [0, 0.05) is 25.1 Å². The Hall–Kier alpha value is -1.79. The highest BCUT2D eigenvalue weighted by Gasteiger charge is 2.19. The molecule has 6 heteroatoms. The first-order chi connectivity index (χ1) is 9.54. The molecule has 3 N–H and O–H groups in total. The molecule has 0 heterocycles. The van der Waals surface area contributed by atoms with Crippen molar-refractivity contribution in [1.82, 2.24) is 0 Å². The number of aliphatic carboxylic acids is 1. The predicted octanol–water partition coefficient (Wildman–Crippen LogP) is 1.71. The van der Waals surface area contributed by atoms with Gasteiger partial charge >= 0.3 is 5.97 Å². The molecule has 0 aromatic heterocycles. The Kier molecular flexibility index (Phi) is 6.27. The van der Waals surface area contributed by atoms with Gasteiger partial charge in [0.25, 0.3) is 0 Å². The Morgan fingerprint density at radius 3 is 2.50 bits per heavy atom. The Labute approximate surface area is 118 Å². The van der Waals surface area contributed by atoms with E-state index in [1.165, 1.54) is 0 Å². The molecular formula is C14H21NO5. The first-order valence-electron chi connectivity index (χ1n) is 6.25. The molecule has 6 nitrogen and oxygen atoms in total. The van der Waals surface area contributed by atoms with Gasteiger partial charge in [-0.3, -0.25) is 4.79 Å². The third-order valence-corrected chi connectivity index (χ3v) is 3.03. The Morgan fingerprint density at radius 2 is 2.00 bits per heavy atom. The molecule has 0 saturated heterocycles. The number of carboxylic acids is 1. The number of hydrogen-bond acceptors (Lipinski definition) is 5. The van der Waals surface area contributed by atoms with E-state index in [0.717, 1.165) is 11.1 Å². The number of nitrogens with two attached hydrogens (primary N) is 1. The standard InChI is InChI=1S/C14H21NO5/c1-18-8-10-12(19-2)6-4-9(14(10)20-3)11(15)5-7-13(16)17/h4,6,11H,5,7-8,15H2,1-3H3,(H,16,17). The molecule has 1 rings (SSSR count). The van der Waals surface area contributed by atoms with Crippen LogP contribution in [0, 0.1) is 0 Å². The van der Waals surface area contributed by atoms with Crippen LogP contribution >= 0.6 is 0 Å². The van der Waals surface area contributed by atoms with Gasteiger partial charge in [-0.25, -0.2) is 0 Å². The van der Waals surface area contributed by atoms with Gasteiger partial charge in [-0.05, 0) is 12.5 Å². The fourth-order valence-corrected chi connectivity index (χ4v) is 2.07. The van der Waals surface area contributed by atoms with Gasteiger partial charge in [-0.2, -0.15) is 0 Å². The summed E-state index contributed by atoms with van der Waals surface area (Å²) in [5.41, 5.74) is 7.57. The van der Waals surface area contributed by atoms with E-state index < -0.39 is 12.0 Å². The van der Waals surface area contributed by atoms with Crippen LogP contribution in [0.15, 0.2) is 12.1 Å². The number of ether oxygens (including phenoxy) is 3. The zero-order chi connectivity index (χ0) is 15.1. The molecule has 1 aromatic carbocycles. The number of carboxylic acid groups (broad SMARTS) is 1. The third kappa shape index (κ3) is 3.85. The van der Waals surface area contributed by atoms with Crippen molar-refractivity contribution in [2.45, 2.75) is 25.5 Å². The maximum Gasteiger partial charge on any atom is 0.303 e. The van der Waals surface area contributed by atoms with Crippen molar-refractivity contribution >= 4 is 5.97 Å². The second kappa shape index (κ2) is 7.72. The fraction of sp³-hybridized carbons (Fsp3) is 0.500. The van der Waals surface area contributed by atoms with Crippen molar-refractivity contribution in [1.29, 1.82) is 0 Å². The van der Waals surface area contributed by atoms with Gasteiger partial charge in [0.15, 0.2) is 0 Å². The van der Waals surface area contributed by atoms with E-state index in [0.29, 0.717) is 24.5 Å². The normalized spacial score (nSPS) is 12.0. The second-order valence-corrected chi connectivity index (χ2v) is 4.34. The number of rotatable bonds is 8. The Bertz CT molecular complexity index is 461. The topological polar surface area (TPSA) is 91.0 Å². The highest BCUT2D eigenvalue weighted by atomic mass is 16.5. The molecule has 1 atom stereocenters. The van der Waals surface area contributed by atoms with Crippen LogP contribution in [0.25, 0.3) is 0 Å². The summed E-state index contributed by atoms with van der Waals surface area (Å²) in [7, 11) is 4.69. The molecule has 0 radical (unpaired) electrons. The predicted molar refractivity (Wildman–Crippen MR) is 74.1 cm³/mol. The van der Waals surface area contributed by atoms with Crippen LogP contribution in [0.4, 0.5) is 0 Å². The monoisotopic (exact) mass is 283 g/mol. The lowest BCUT2D eigenvalue weighted by atomic mass is 9.98. The molecule has 0 saturated carbocycles. The smallest absolute Gasteiger partial charge is 0.303 e. The molecule has 112 valence electrons. The van der Waals surface area contributed by atoms with Gasteiger partial charge in [0.2, 0.25) is 0 Å². The number of hydrogen-bond donors (Lipinski definition) is 2. The van der Waals surface area contributed by atoms with E-state index in [1.807, 2.05) is 0 Å². The Balaban J connectivity index is 3.12. The van der Waals surface area contributed by atoms with Gasteiger partial charge in [-0.15, -0.1) is 0 Å². The van der Waals surface area contributed by atoms with Crippen molar-refractivity contribution in [2.24, 2.45) is 5.73 Å². The molecule has 0 fully saturated rings. The lowest BCUT2D eigenvalue weighted by Gasteiger charge is -2.20. The van der Waals surface area contributed by atoms with Gasteiger partial charge in [0.1, 0.15) is 11.5 Å². The van der Waals surface area contributed by atoms with Gasteiger partial charge in [0.05, 0.1) is 26.4 Å². The Morgan fingerprint density at radius 1 is 1.30 bits per heavy atom. The number of benzene rings is 1. The molecule has 0 aliphatic carbocycles. The van der Waals surface area contributed by atoms with E-state index in [-0.39, 0.29) is 6.42 Å². The van der Waals surface area contributed by atoms with Crippen LogP contribution in [0.1, 0.15) is 30.0 Å². The minimum atomic E-state index is -0.870. The first-order valence-corrected chi connectivity index (χ1v) is 6.25. The zero-order valence-electron chi connectivity index (χ0n) is 12.0. The van der Waals surface area contributed by atoms with E-state index in [2.05, 4.69) is 0 Å². The van der Waals surface area contributed by atoms with Crippen molar-refractivity contribution in [3.63, 3.8) is 0 Å². The molecule has 20 heavy (non-hydrogen) atoms. The van der Waals surface area contributed by atoms with E-state index in [1.54, 1.807) is 33.5 Å². The average molecular weight is 283 g/mol. The largest absolute Gasteiger partial charge is 0.496 e. The zero-order valence-corrected chi connectivity index (χ0v) is 12.0. The summed E-state index contributed by atoms with van der Waals surface area (Å²) in [5.74, 6) is 0.368.